The molecule has 1 fully saturated rings. The lowest BCUT2D eigenvalue weighted by Crippen LogP contribution is -2.29. The summed E-state index contributed by atoms with van der Waals surface area (Å²) in [6.07, 6.45) is 3.50. The summed E-state index contributed by atoms with van der Waals surface area (Å²) in [5.74, 6) is 0.725. The number of nitrogens with one attached hydrogen (secondary N) is 1. The molecule has 2 N–H and O–H groups in total. The third-order valence-electron chi connectivity index (χ3n) is 3.48. The van der Waals surface area contributed by atoms with Gasteiger partial charge in [0.1, 0.15) is 5.75 Å². The molecule has 0 saturated heterocycles. The van der Waals surface area contributed by atoms with Crippen molar-refractivity contribution in [2.75, 3.05) is 6.54 Å². The van der Waals surface area contributed by atoms with Crippen LogP contribution in [0.3, 0.4) is 0 Å². The van der Waals surface area contributed by atoms with Crippen LogP contribution in [-0.4, -0.2) is 22.4 Å². The average molecular weight is 312 g/mol. The van der Waals surface area contributed by atoms with Gasteiger partial charge in [0.15, 0.2) is 0 Å². The van der Waals surface area contributed by atoms with Gasteiger partial charge in [-0.05, 0) is 55.9 Å². The third kappa shape index (κ3) is 3.25. The second-order valence-corrected chi connectivity index (χ2v) is 6.28. The summed E-state index contributed by atoms with van der Waals surface area (Å²) >= 11 is 3.61. The summed E-state index contributed by atoms with van der Waals surface area (Å²) in [6, 6.07) is 4.83. The fourth-order valence-electron chi connectivity index (χ4n) is 2.43. The van der Waals surface area contributed by atoms with Crippen LogP contribution in [0.4, 0.5) is 0 Å². The smallest absolute Gasteiger partial charge is 0.251 e. The van der Waals surface area contributed by atoms with Crippen LogP contribution in [0.15, 0.2) is 18.2 Å². The SMILES string of the molecule is Cc1cc(O)ccc1C(=O)NCC1CCC(Br)C1. The van der Waals surface area contributed by atoms with Crippen molar-refractivity contribution in [3.05, 3.63) is 29.3 Å². The van der Waals surface area contributed by atoms with Crippen LogP contribution < -0.4 is 5.32 Å². The summed E-state index contributed by atoms with van der Waals surface area (Å²) < 4.78 is 0. The number of halogens is 1. The Hall–Kier alpha value is -1.03. The van der Waals surface area contributed by atoms with E-state index in [9.17, 15) is 9.90 Å². The van der Waals surface area contributed by atoms with Gasteiger partial charge in [0, 0.05) is 16.9 Å². The molecule has 1 aliphatic carbocycles. The zero-order valence-corrected chi connectivity index (χ0v) is 12.0. The van der Waals surface area contributed by atoms with Crippen LogP contribution in [-0.2, 0) is 0 Å². The molecule has 0 aromatic heterocycles. The predicted octanol–water partition coefficient (Wildman–Crippen LogP) is 2.99. The largest absolute Gasteiger partial charge is 0.508 e. The highest BCUT2D eigenvalue weighted by Gasteiger charge is 2.23. The molecule has 0 radical (unpaired) electrons. The molecular formula is C14H18BrNO2. The number of aromatic hydroxyl groups is 1. The molecule has 18 heavy (non-hydrogen) atoms. The Kier molecular flexibility index (Phi) is 4.27. The second kappa shape index (κ2) is 5.74. The average Bonchev–Trinajstić information content (AvgIpc) is 2.72. The molecule has 1 saturated carbocycles. The summed E-state index contributed by atoms with van der Waals surface area (Å²) in [5, 5.41) is 12.3. The van der Waals surface area contributed by atoms with E-state index in [2.05, 4.69) is 21.2 Å². The molecule has 0 spiro atoms. The molecule has 1 aromatic carbocycles. The minimum absolute atomic E-state index is 0.0504. The van der Waals surface area contributed by atoms with Crippen molar-refractivity contribution in [2.24, 2.45) is 5.92 Å². The monoisotopic (exact) mass is 311 g/mol. The van der Waals surface area contributed by atoms with Crippen LogP contribution in [0.1, 0.15) is 35.2 Å². The number of amides is 1. The molecule has 1 aromatic rings. The van der Waals surface area contributed by atoms with Gasteiger partial charge in [-0.15, -0.1) is 0 Å². The van der Waals surface area contributed by atoms with Gasteiger partial charge in [0.2, 0.25) is 0 Å². The van der Waals surface area contributed by atoms with Gasteiger partial charge < -0.3 is 10.4 Å². The van der Waals surface area contributed by atoms with E-state index in [1.807, 2.05) is 6.92 Å². The maximum atomic E-state index is 12.0. The highest BCUT2D eigenvalue weighted by molar-refractivity contribution is 9.09. The predicted molar refractivity (Wildman–Crippen MR) is 75.2 cm³/mol. The van der Waals surface area contributed by atoms with Gasteiger partial charge in [-0.25, -0.2) is 0 Å². The zero-order chi connectivity index (χ0) is 13.1. The van der Waals surface area contributed by atoms with E-state index in [0.717, 1.165) is 18.5 Å². The Morgan fingerprint density at radius 3 is 2.89 bits per heavy atom. The van der Waals surface area contributed by atoms with E-state index in [1.54, 1.807) is 18.2 Å². The van der Waals surface area contributed by atoms with Gasteiger partial charge in [-0.1, -0.05) is 15.9 Å². The van der Waals surface area contributed by atoms with Crippen molar-refractivity contribution in [2.45, 2.75) is 31.0 Å². The molecule has 0 aliphatic heterocycles. The molecule has 0 heterocycles. The first-order valence-corrected chi connectivity index (χ1v) is 7.19. The highest BCUT2D eigenvalue weighted by Crippen LogP contribution is 2.30. The quantitative estimate of drug-likeness (QED) is 0.843. The van der Waals surface area contributed by atoms with Gasteiger partial charge in [-0.2, -0.15) is 0 Å². The molecule has 2 atom stereocenters. The number of carbonyl (C=O) groups excluding carboxylic acids is 1. The van der Waals surface area contributed by atoms with Crippen molar-refractivity contribution in [1.29, 1.82) is 0 Å². The summed E-state index contributed by atoms with van der Waals surface area (Å²) in [5.41, 5.74) is 1.44. The normalized spacial score (nSPS) is 23.0. The number of benzene rings is 1. The van der Waals surface area contributed by atoms with Crippen molar-refractivity contribution < 1.29 is 9.90 Å². The van der Waals surface area contributed by atoms with E-state index < -0.39 is 0 Å². The van der Waals surface area contributed by atoms with Crippen LogP contribution in [0.25, 0.3) is 0 Å². The van der Waals surface area contributed by atoms with Crippen molar-refractivity contribution in [3.8, 4) is 5.75 Å². The fourth-order valence-corrected chi connectivity index (χ4v) is 3.23. The number of hydrogen-bond donors (Lipinski definition) is 2. The number of aryl methyl sites for hydroxylation is 1. The number of hydrogen-bond acceptors (Lipinski definition) is 2. The number of phenolic OH excluding ortho intramolecular Hbond substituents is 1. The summed E-state index contributed by atoms with van der Waals surface area (Å²) in [7, 11) is 0. The van der Waals surface area contributed by atoms with Gasteiger partial charge in [0.05, 0.1) is 0 Å². The summed E-state index contributed by atoms with van der Waals surface area (Å²) in [6.45, 7) is 2.57. The van der Waals surface area contributed by atoms with E-state index in [1.165, 1.54) is 12.8 Å². The Balaban J connectivity index is 1.91. The third-order valence-corrected chi connectivity index (χ3v) is 4.31. The lowest BCUT2D eigenvalue weighted by Gasteiger charge is -2.12. The first-order chi connectivity index (χ1) is 8.56. The summed E-state index contributed by atoms with van der Waals surface area (Å²) in [4.78, 5) is 12.6. The number of phenols is 1. The fraction of sp³-hybridized carbons (Fsp3) is 0.500. The van der Waals surface area contributed by atoms with Crippen LogP contribution in [0, 0.1) is 12.8 Å². The van der Waals surface area contributed by atoms with Gasteiger partial charge in [0.25, 0.3) is 5.91 Å². The first kappa shape index (κ1) is 13.4. The molecule has 1 amide bonds. The second-order valence-electron chi connectivity index (χ2n) is 4.99. The van der Waals surface area contributed by atoms with E-state index in [-0.39, 0.29) is 11.7 Å². The van der Waals surface area contributed by atoms with Crippen LogP contribution in [0.5, 0.6) is 5.75 Å². The van der Waals surface area contributed by atoms with Crippen molar-refractivity contribution in [3.63, 3.8) is 0 Å². The number of rotatable bonds is 3. The van der Waals surface area contributed by atoms with Crippen LogP contribution in [0.2, 0.25) is 0 Å². The Morgan fingerprint density at radius 2 is 2.28 bits per heavy atom. The van der Waals surface area contributed by atoms with Crippen molar-refractivity contribution in [1.82, 2.24) is 5.32 Å². The molecule has 2 unspecified atom stereocenters. The highest BCUT2D eigenvalue weighted by atomic mass is 79.9. The van der Waals surface area contributed by atoms with Gasteiger partial charge >= 0.3 is 0 Å². The topological polar surface area (TPSA) is 49.3 Å². The standard InChI is InChI=1S/C14H18BrNO2/c1-9-6-12(17)4-5-13(9)14(18)16-8-10-2-3-11(15)7-10/h4-6,10-11,17H,2-3,7-8H2,1H3,(H,16,18). The molecule has 3 nitrogen and oxygen atoms in total. The van der Waals surface area contributed by atoms with E-state index in [4.69, 9.17) is 0 Å². The zero-order valence-electron chi connectivity index (χ0n) is 10.4. The molecular weight excluding hydrogens is 294 g/mol. The number of alkyl halides is 1. The van der Waals surface area contributed by atoms with E-state index in [0.29, 0.717) is 16.3 Å². The van der Waals surface area contributed by atoms with Gasteiger partial charge in [-0.3, -0.25) is 4.79 Å². The molecule has 98 valence electrons. The minimum Gasteiger partial charge on any atom is -0.508 e. The van der Waals surface area contributed by atoms with Crippen LogP contribution >= 0.6 is 15.9 Å². The molecule has 4 heteroatoms. The first-order valence-electron chi connectivity index (χ1n) is 6.28. The minimum atomic E-state index is -0.0504. The lowest BCUT2D eigenvalue weighted by molar-refractivity contribution is 0.0947. The Labute approximate surface area is 116 Å². The maximum Gasteiger partial charge on any atom is 0.251 e. The van der Waals surface area contributed by atoms with E-state index >= 15 is 0 Å². The molecule has 1 aliphatic rings. The molecule has 2 rings (SSSR count). The maximum absolute atomic E-state index is 12.0. The van der Waals surface area contributed by atoms with Crippen molar-refractivity contribution >= 4 is 21.8 Å². The lowest BCUT2D eigenvalue weighted by atomic mass is 10.1. The Bertz CT molecular complexity index is 447. The molecule has 0 bridgehead atoms. The Morgan fingerprint density at radius 1 is 1.50 bits per heavy atom. The number of carbonyl (C=O) groups is 1.